The normalized spacial score (nSPS) is 10.5. The van der Waals surface area contributed by atoms with Gasteiger partial charge in [0.15, 0.2) is 11.5 Å². The quantitative estimate of drug-likeness (QED) is 0.852. The standard InChI is InChI=1S/C15H20N2O3S/c1-10-17-12(9-21-10)8-16-7-11-5-6-13(18-2)15(20-4)14(11)19-3/h5-6,9,16H,7-8H2,1-4H3. The number of hydrogen-bond acceptors (Lipinski definition) is 6. The largest absolute Gasteiger partial charge is 0.493 e. The Hall–Kier alpha value is -1.79. The Morgan fingerprint density at radius 3 is 2.38 bits per heavy atom. The van der Waals surface area contributed by atoms with E-state index in [0.717, 1.165) is 22.8 Å². The maximum Gasteiger partial charge on any atom is 0.203 e. The second-order valence-corrected chi connectivity index (χ2v) is 5.52. The molecule has 0 unspecified atom stereocenters. The first kappa shape index (κ1) is 15.6. The van der Waals surface area contributed by atoms with Crippen LogP contribution in [0.15, 0.2) is 17.5 Å². The Balaban J connectivity index is 2.08. The number of hydrogen-bond donors (Lipinski definition) is 1. The summed E-state index contributed by atoms with van der Waals surface area (Å²) < 4.78 is 16.1. The van der Waals surface area contributed by atoms with Crippen molar-refractivity contribution in [3.8, 4) is 17.2 Å². The van der Waals surface area contributed by atoms with Crippen LogP contribution in [0.3, 0.4) is 0 Å². The molecule has 0 fully saturated rings. The molecule has 0 saturated carbocycles. The van der Waals surface area contributed by atoms with Crippen molar-refractivity contribution < 1.29 is 14.2 Å². The zero-order valence-electron chi connectivity index (χ0n) is 12.7. The van der Waals surface area contributed by atoms with Crippen molar-refractivity contribution in [1.29, 1.82) is 0 Å². The molecule has 0 aliphatic rings. The van der Waals surface area contributed by atoms with E-state index in [2.05, 4.69) is 15.7 Å². The number of ether oxygens (including phenoxy) is 3. The summed E-state index contributed by atoms with van der Waals surface area (Å²) in [5, 5.41) is 6.51. The first-order valence-corrected chi connectivity index (χ1v) is 7.47. The highest BCUT2D eigenvalue weighted by molar-refractivity contribution is 7.09. The highest BCUT2D eigenvalue weighted by Crippen LogP contribution is 2.39. The van der Waals surface area contributed by atoms with E-state index < -0.39 is 0 Å². The molecule has 0 bridgehead atoms. The van der Waals surface area contributed by atoms with Gasteiger partial charge in [-0.15, -0.1) is 11.3 Å². The molecule has 2 aromatic rings. The number of benzene rings is 1. The van der Waals surface area contributed by atoms with Gasteiger partial charge >= 0.3 is 0 Å². The second kappa shape index (κ2) is 7.28. The molecule has 0 radical (unpaired) electrons. The van der Waals surface area contributed by atoms with Gasteiger partial charge in [-0.05, 0) is 13.0 Å². The topological polar surface area (TPSA) is 52.6 Å². The van der Waals surface area contributed by atoms with Crippen LogP contribution in [0.2, 0.25) is 0 Å². The zero-order valence-corrected chi connectivity index (χ0v) is 13.5. The summed E-state index contributed by atoms with van der Waals surface area (Å²) >= 11 is 1.66. The molecule has 0 atom stereocenters. The van der Waals surface area contributed by atoms with Gasteiger partial charge in [0.05, 0.1) is 32.0 Å². The minimum Gasteiger partial charge on any atom is -0.493 e. The Labute approximate surface area is 128 Å². The summed E-state index contributed by atoms with van der Waals surface area (Å²) in [6.45, 7) is 3.40. The summed E-state index contributed by atoms with van der Waals surface area (Å²) in [6, 6.07) is 3.85. The molecule has 6 heteroatoms. The number of aryl methyl sites for hydroxylation is 1. The van der Waals surface area contributed by atoms with E-state index >= 15 is 0 Å². The van der Waals surface area contributed by atoms with Gasteiger partial charge in [0.25, 0.3) is 0 Å². The molecular weight excluding hydrogens is 288 g/mol. The molecule has 2 rings (SSSR count). The lowest BCUT2D eigenvalue weighted by Gasteiger charge is -2.15. The fourth-order valence-electron chi connectivity index (χ4n) is 2.12. The summed E-state index contributed by atoms with van der Waals surface area (Å²) in [5.74, 6) is 1.97. The Bertz CT molecular complexity index is 599. The van der Waals surface area contributed by atoms with Crippen LogP contribution < -0.4 is 19.5 Å². The van der Waals surface area contributed by atoms with Crippen LogP contribution in [-0.4, -0.2) is 26.3 Å². The average molecular weight is 308 g/mol. The van der Waals surface area contributed by atoms with Crippen molar-refractivity contribution in [2.75, 3.05) is 21.3 Å². The van der Waals surface area contributed by atoms with Crippen molar-refractivity contribution in [2.24, 2.45) is 0 Å². The highest BCUT2D eigenvalue weighted by Gasteiger charge is 2.15. The Morgan fingerprint density at radius 1 is 1.05 bits per heavy atom. The van der Waals surface area contributed by atoms with Gasteiger partial charge in [-0.25, -0.2) is 4.98 Å². The predicted octanol–water partition coefficient (Wildman–Crippen LogP) is 2.77. The molecule has 0 saturated heterocycles. The van der Waals surface area contributed by atoms with Crippen molar-refractivity contribution in [3.63, 3.8) is 0 Å². The molecule has 1 aromatic heterocycles. The smallest absolute Gasteiger partial charge is 0.203 e. The molecule has 5 nitrogen and oxygen atoms in total. The van der Waals surface area contributed by atoms with Gasteiger partial charge in [0, 0.05) is 24.0 Å². The minimum atomic E-state index is 0.615. The molecule has 0 amide bonds. The number of methoxy groups -OCH3 is 3. The molecule has 0 spiro atoms. The van der Waals surface area contributed by atoms with Gasteiger partial charge in [0.2, 0.25) is 5.75 Å². The van der Waals surface area contributed by atoms with E-state index in [-0.39, 0.29) is 0 Å². The lowest BCUT2D eigenvalue weighted by Crippen LogP contribution is -2.14. The van der Waals surface area contributed by atoms with E-state index in [4.69, 9.17) is 14.2 Å². The van der Waals surface area contributed by atoms with Crippen molar-refractivity contribution in [3.05, 3.63) is 33.8 Å². The Morgan fingerprint density at radius 2 is 1.81 bits per heavy atom. The number of nitrogens with zero attached hydrogens (tertiary/aromatic N) is 1. The highest BCUT2D eigenvalue weighted by atomic mass is 32.1. The number of nitrogens with one attached hydrogen (secondary N) is 1. The van der Waals surface area contributed by atoms with Crippen molar-refractivity contribution in [2.45, 2.75) is 20.0 Å². The number of rotatable bonds is 7. The van der Waals surface area contributed by atoms with Crippen LogP contribution in [0.1, 0.15) is 16.3 Å². The molecule has 1 heterocycles. The Kier molecular flexibility index (Phi) is 5.41. The van der Waals surface area contributed by atoms with E-state index in [9.17, 15) is 0 Å². The second-order valence-electron chi connectivity index (χ2n) is 4.45. The van der Waals surface area contributed by atoms with Crippen LogP contribution in [0.5, 0.6) is 17.2 Å². The minimum absolute atomic E-state index is 0.615. The molecule has 21 heavy (non-hydrogen) atoms. The summed E-state index contributed by atoms with van der Waals surface area (Å²) in [6.07, 6.45) is 0. The van der Waals surface area contributed by atoms with Gasteiger partial charge < -0.3 is 19.5 Å². The fourth-order valence-corrected chi connectivity index (χ4v) is 2.73. The van der Waals surface area contributed by atoms with E-state index in [0.29, 0.717) is 23.8 Å². The summed E-state index contributed by atoms with van der Waals surface area (Å²) in [7, 11) is 4.85. The van der Waals surface area contributed by atoms with Crippen molar-refractivity contribution >= 4 is 11.3 Å². The van der Waals surface area contributed by atoms with Crippen LogP contribution in [-0.2, 0) is 13.1 Å². The number of aromatic nitrogens is 1. The zero-order chi connectivity index (χ0) is 15.2. The van der Waals surface area contributed by atoms with Gasteiger partial charge in [-0.1, -0.05) is 6.07 Å². The average Bonchev–Trinajstić information content (AvgIpc) is 2.91. The third-order valence-corrected chi connectivity index (χ3v) is 3.90. The van der Waals surface area contributed by atoms with Gasteiger partial charge in [-0.2, -0.15) is 0 Å². The number of thiazole rings is 1. The monoisotopic (exact) mass is 308 g/mol. The van der Waals surface area contributed by atoms with E-state index in [1.54, 1.807) is 32.7 Å². The predicted molar refractivity (Wildman–Crippen MR) is 83.5 cm³/mol. The molecule has 1 N–H and O–H groups in total. The maximum atomic E-state index is 5.46. The third-order valence-electron chi connectivity index (χ3n) is 3.07. The molecule has 114 valence electrons. The first-order chi connectivity index (χ1) is 10.2. The lowest BCUT2D eigenvalue weighted by molar-refractivity contribution is 0.321. The van der Waals surface area contributed by atoms with Gasteiger partial charge in [-0.3, -0.25) is 0 Å². The summed E-state index contributed by atoms with van der Waals surface area (Å²) in [4.78, 5) is 4.43. The summed E-state index contributed by atoms with van der Waals surface area (Å²) in [5.41, 5.74) is 2.07. The van der Waals surface area contributed by atoms with Gasteiger partial charge in [0.1, 0.15) is 0 Å². The molecular formula is C15H20N2O3S. The molecule has 1 aromatic carbocycles. The molecule has 0 aliphatic heterocycles. The van der Waals surface area contributed by atoms with Crippen molar-refractivity contribution in [1.82, 2.24) is 10.3 Å². The van der Waals surface area contributed by atoms with Crippen LogP contribution in [0, 0.1) is 6.92 Å². The van der Waals surface area contributed by atoms with Crippen LogP contribution in [0.4, 0.5) is 0 Å². The van der Waals surface area contributed by atoms with E-state index in [1.807, 2.05) is 19.1 Å². The van der Waals surface area contributed by atoms with Crippen LogP contribution >= 0.6 is 11.3 Å². The SMILES string of the molecule is COc1ccc(CNCc2csc(C)n2)c(OC)c1OC. The van der Waals surface area contributed by atoms with E-state index in [1.165, 1.54) is 0 Å². The van der Waals surface area contributed by atoms with Crippen LogP contribution in [0.25, 0.3) is 0 Å². The maximum absolute atomic E-state index is 5.46. The fraction of sp³-hybridized carbons (Fsp3) is 0.400. The molecule has 0 aliphatic carbocycles. The third kappa shape index (κ3) is 3.65. The first-order valence-electron chi connectivity index (χ1n) is 6.59. The lowest BCUT2D eigenvalue weighted by atomic mass is 10.1.